The molecule has 0 atom stereocenters. The van der Waals surface area contributed by atoms with E-state index in [4.69, 9.17) is 17.5 Å². The Morgan fingerprint density at radius 2 is 2.44 bits per heavy atom. The van der Waals surface area contributed by atoms with E-state index >= 15 is 0 Å². The number of nitriles is 1. The molecule has 6 nitrogen and oxygen atoms in total. The summed E-state index contributed by atoms with van der Waals surface area (Å²) in [5, 5.41) is 8.70. The zero-order valence-corrected chi connectivity index (χ0v) is 9.08. The molecule has 0 aromatic carbocycles. The van der Waals surface area contributed by atoms with E-state index in [1.54, 1.807) is 6.07 Å². The van der Waals surface area contributed by atoms with Gasteiger partial charge >= 0.3 is 5.97 Å². The van der Waals surface area contributed by atoms with E-state index in [0.717, 1.165) is 0 Å². The van der Waals surface area contributed by atoms with Gasteiger partial charge in [0.25, 0.3) is 5.56 Å². The molecule has 1 rings (SSSR count). The summed E-state index contributed by atoms with van der Waals surface area (Å²) >= 11 is 4.83. The highest BCUT2D eigenvalue weighted by molar-refractivity contribution is 7.71. The largest absolute Gasteiger partial charge is 0.465 e. The second-order valence-electron chi connectivity index (χ2n) is 2.66. The van der Waals surface area contributed by atoms with Crippen LogP contribution in [0.1, 0.15) is 0 Å². The zero-order chi connectivity index (χ0) is 12.1. The molecular weight excluding hydrogens is 230 g/mol. The maximum Gasteiger partial charge on any atom is 0.350 e. The predicted molar refractivity (Wildman–Crippen MR) is 57.8 cm³/mol. The van der Waals surface area contributed by atoms with Crippen LogP contribution in [-0.2, 0) is 9.53 Å². The summed E-state index contributed by atoms with van der Waals surface area (Å²) in [7, 11) is 1.17. The van der Waals surface area contributed by atoms with E-state index in [1.807, 2.05) is 0 Å². The van der Waals surface area contributed by atoms with Crippen LogP contribution in [0.4, 0.5) is 0 Å². The molecule has 82 valence electrons. The summed E-state index contributed by atoms with van der Waals surface area (Å²) in [6.45, 7) is 0. The van der Waals surface area contributed by atoms with Crippen LogP contribution in [-0.4, -0.2) is 22.6 Å². The van der Waals surface area contributed by atoms with Gasteiger partial charge in [-0.1, -0.05) is 0 Å². The van der Waals surface area contributed by atoms with Crippen LogP contribution in [0.25, 0.3) is 6.20 Å². The summed E-state index contributed by atoms with van der Waals surface area (Å²) in [6.07, 6.45) is 2.53. The molecule has 1 aromatic heterocycles. The van der Waals surface area contributed by atoms with Crippen LogP contribution < -0.4 is 5.56 Å². The van der Waals surface area contributed by atoms with Crippen LogP contribution in [0.2, 0.25) is 0 Å². The van der Waals surface area contributed by atoms with Crippen molar-refractivity contribution in [2.45, 2.75) is 0 Å². The van der Waals surface area contributed by atoms with Crippen LogP contribution >= 0.6 is 12.2 Å². The number of hydrogen-bond acceptors (Lipinski definition) is 5. The van der Waals surface area contributed by atoms with Crippen LogP contribution in [0.15, 0.2) is 22.6 Å². The van der Waals surface area contributed by atoms with Crippen molar-refractivity contribution in [2.75, 3.05) is 7.11 Å². The molecule has 0 bridgehead atoms. The van der Waals surface area contributed by atoms with Crippen LogP contribution in [0.5, 0.6) is 0 Å². The Morgan fingerprint density at radius 3 is 2.94 bits per heavy atom. The van der Waals surface area contributed by atoms with Crippen molar-refractivity contribution in [3.05, 3.63) is 33.0 Å². The van der Waals surface area contributed by atoms with Crippen molar-refractivity contribution >= 4 is 24.4 Å². The minimum atomic E-state index is -0.768. The molecule has 1 aromatic rings. The predicted octanol–water partition coefficient (Wildman–Crippen LogP) is 0.443. The maximum absolute atomic E-state index is 11.1. The molecule has 1 heterocycles. The van der Waals surface area contributed by atoms with E-state index in [1.165, 1.54) is 30.1 Å². The first-order valence-corrected chi connectivity index (χ1v) is 4.51. The minimum absolute atomic E-state index is 0.0872. The van der Waals surface area contributed by atoms with Gasteiger partial charge in [-0.25, -0.2) is 4.79 Å². The Balaban J connectivity index is 3.26. The molecule has 0 fully saturated rings. The SMILES string of the molecule is COC(=O)C(C#N)=Cn1ccc(=O)[nH]c1=S. The molecule has 0 saturated heterocycles. The third kappa shape index (κ3) is 2.65. The van der Waals surface area contributed by atoms with Gasteiger partial charge in [0.05, 0.1) is 7.11 Å². The summed E-state index contributed by atoms with van der Waals surface area (Å²) in [5.74, 6) is -0.768. The highest BCUT2D eigenvalue weighted by Gasteiger charge is 2.08. The number of aromatic amines is 1. The summed E-state index contributed by atoms with van der Waals surface area (Å²) in [5.41, 5.74) is -0.572. The first-order valence-electron chi connectivity index (χ1n) is 4.10. The van der Waals surface area contributed by atoms with Gasteiger partial charge in [0.2, 0.25) is 0 Å². The van der Waals surface area contributed by atoms with Crippen molar-refractivity contribution < 1.29 is 9.53 Å². The van der Waals surface area contributed by atoms with Crippen molar-refractivity contribution in [3.8, 4) is 6.07 Å². The quantitative estimate of drug-likeness (QED) is 0.349. The number of rotatable bonds is 2. The third-order valence-electron chi connectivity index (χ3n) is 1.65. The van der Waals surface area contributed by atoms with Crippen molar-refractivity contribution in [2.24, 2.45) is 0 Å². The second-order valence-corrected chi connectivity index (χ2v) is 3.05. The van der Waals surface area contributed by atoms with E-state index in [2.05, 4.69) is 9.72 Å². The first-order chi connectivity index (χ1) is 7.58. The molecule has 16 heavy (non-hydrogen) atoms. The Morgan fingerprint density at radius 1 is 1.75 bits per heavy atom. The van der Waals surface area contributed by atoms with Crippen molar-refractivity contribution in [3.63, 3.8) is 0 Å². The minimum Gasteiger partial charge on any atom is -0.465 e. The fraction of sp³-hybridized carbons (Fsp3) is 0.111. The summed E-state index contributed by atoms with van der Waals surface area (Å²) < 4.78 is 5.75. The standard InChI is InChI=1S/C9H7N3O3S/c1-15-8(14)6(4-10)5-12-3-2-7(13)11-9(12)16/h2-3,5H,1H3,(H,11,13,16). The average Bonchev–Trinajstić information content (AvgIpc) is 2.27. The second kappa shape index (κ2) is 5.04. The molecule has 7 heteroatoms. The van der Waals surface area contributed by atoms with Gasteiger partial charge in [-0.3, -0.25) is 14.3 Å². The highest BCUT2D eigenvalue weighted by Crippen LogP contribution is 1.99. The number of H-pyrrole nitrogens is 1. The van der Waals surface area contributed by atoms with Crippen molar-refractivity contribution in [1.82, 2.24) is 9.55 Å². The molecule has 0 amide bonds. The molecule has 0 aliphatic heterocycles. The Hall–Kier alpha value is -2.20. The number of ether oxygens (including phenoxy) is 1. The molecule has 0 radical (unpaired) electrons. The molecule has 0 unspecified atom stereocenters. The van der Waals surface area contributed by atoms with Gasteiger partial charge in [-0.2, -0.15) is 5.26 Å². The molecule has 0 saturated carbocycles. The first kappa shape index (κ1) is 11.9. The van der Waals surface area contributed by atoms with Gasteiger partial charge in [-0.15, -0.1) is 0 Å². The number of esters is 1. The topological polar surface area (TPSA) is 87.9 Å². The lowest BCUT2D eigenvalue weighted by Gasteiger charge is -2.00. The normalized spacial score (nSPS) is 10.6. The number of nitrogens with one attached hydrogen (secondary N) is 1. The maximum atomic E-state index is 11.1. The monoisotopic (exact) mass is 237 g/mol. The molecule has 1 N–H and O–H groups in total. The summed E-state index contributed by atoms with van der Waals surface area (Å²) in [4.78, 5) is 24.3. The Labute approximate surface area is 95.4 Å². The van der Waals surface area contributed by atoms with Gasteiger partial charge in [-0.05, 0) is 12.2 Å². The average molecular weight is 237 g/mol. The fourth-order valence-corrected chi connectivity index (χ4v) is 1.12. The Kier molecular flexibility index (Phi) is 3.74. The molecular formula is C9H7N3O3S. The zero-order valence-electron chi connectivity index (χ0n) is 8.26. The van der Waals surface area contributed by atoms with Gasteiger partial charge in [0.1, 0.15) is 6.07 Å². The fourth-order valence-electron chi connectivity index (χ4n) is 0.905. The number of carbonyl (C=O) groups is 1. The van der Waals surface area contributed by atoms with E-state index in [0.29, 0.717) is 0 Å². The third-order valence-corrected chi connectivity index (χ3v) is 1.96. The van der Waals surface area contributed by atoms with E-state index in [-0.39, 0.29) is 15.9 Å². The van der Waals surface area contributed by atoms with Gasteiger partial charge in [0.15, 0.2) is 10.3 Å². The van der Waals surface area contributed by atoms with E-state index < -0.39 is 5.97 Å². The lowest BCUT2D eigenvalue weighted by atomic mass is 10.3. The van der Waals surface area contributed by atoms with Crippen LogP contribution in [0.3, 0.4) is 0 Å². The van der Waals surface area contributed by atoms with Crippen molar-refractivity contribution in [1.29, 1.82) is 5.26 Å². The van der Waals surface area contributed by atoms with Crippen LogP contribution in [0, 0.1) is 16.1 Å². The smallest absolute Gasteiger partial charge is 0.350 e. The summed E-state index contributed by atoms with van der Waals surface area (Å²) in [6, 6.07) is 2.89. The molecule has 0 spiro atoms. The van der Waals surface area contributed by atoms with Gasteiger partial charge < -0.3 is 4.74 Å². The Bertz CT molecular complexity index is 591. The molecule has 0 aliphatic carbocycles. The highest BCUT2D eigenvalue weighted by atomic mass is 32.1. The van der Waals surface area contributed by atoms with E-state index in [9.17, 15) is 9.59 Å². The lowest BCUT2D eigenvalue weighted by molar-refractivity contribution is -0.135. The number of nitrogens with zero attached hydrogens (tertiary/aromatic N) is 2. The number of carbonyl (C=O) groups excluding carboxylic acids is 1. The number of aromatic nitrogens is 2. The number of hydrogen-bond donors (Lipinski definition) is 1. The number of methoxy groups -OCH3 is 1. The lowest BCUT2D eigenvalue weighted by Crippen LogP contribution is -2.10. The van der Waals surface area contributed by atoms with Gasteiger partial charge in [0, 0.05) is 18.5 Å². The molecule has 0 aliphatic rings.